The van der Waals surface area contributed by atoms with Gasteiger partial charge in [0.25, 0.3) is 5.91 Å². The van der Waals surface area contributed by atoms with Crippen LogP contribution in [-0.4, -0.2) is 42.1 Å². The van der Waals surface area contributed by atoms with E-state index in [0.717, 1.165) is 47.6 Å². The maximum Gasteiger partial charge on any atom is 0.271 e. The monoisotopic (exact) mass is 413 g/mol. The van der Waals surface area contributed by atoms with Crippen molar-refractivity contribution in [2.45, 2.75) is 6.54 Å². The zero-order valence-electron chi connectivity index (χ0n) is 15.2. The van der Waals surface area contributed by atoms with Crippen molar-refractivity contribution < 1.29 is 4.79 Å². The minimum atomic E-state index is -0.156. The molecule has 3 heterocycles. The van der Waals surface area contributed by atoms with E-state index in [4.69, 9.17) is 11.6 Å². The Balaban J connectivity index is 1.33. The van der Waals surface area contributed by atoms with E-state index in [0.29, 0.717) is 12.2 Å². The van der Waals surface area contributed by atoms with Crippen molar-refractivity contribution in [2.75, 3.05) is 36.0 Å². The number of amides is 1. The van der Waals surface area contributed by atoms with Crippen molar-refractivity contribution in [3.8, 4) is 0 Å². The quantitative estimate of drug-likeness (QED) is 0.694. The molecule has 0 radical (unpaired) electrons. The van der Waals surface area contributed by atoms with E-state index in [2.05, 4.69) is 31.2 Å². The van der Waals surface area contributed by atoms with Crippen molar-refractivity contribution in [1.29, 1.82) is 0 Å². The lowest BCUT2D eigenvalue weighted by Gasteiger charge is -2.36. The molecular weight excluding hydrogens is 394 g/mol. The fraction of sp³-hybridized carbons (Fsp3) is 0.250. The van der Waals surface area contributed by atoms with Gasteiger partial charge in [0.05, 0.1) is 0 Å². The summed E-state index contributed by atoms with van der Waals surface area (Å²) in [5, 5.41) is 6.36. The highest BCUT2D eigenvalue weighted by Gasteiger charge is 2.21. The number of nitrogens with one attached hydrogen (secondary N) is 1. The summed E-state index contributed by atoms with van der Waals surface area (Å²) in [5.41, 5.74) is 2.62. The van der Waals surface area contributed by atoms with E-state index in [1.165, 1.54) is 11.3 Å². The number of thiazole rings is 1. The van der Waals surface area contributed by atoms with Crippen LogP contribution < -0.4 is 15.1 Å². The zero-order valence-corrected chi connectivity index (χ0v) is 16.8. The number of anilines is 2. The Morgan fingerprint density at radius 3 is 2.61 bits per heavy atom. The van der Waals surface area contributed by atoms with Gasteiger partial charge in [0.2, 0.25) is 0 Å². The molecule has 144 valence electrons. The molecule has 28 heavy (non-hydrogen) atoms. The van der Waals surface area contributed by atoms with E-state index in [1.54, 1.807) is 12.4 Å². The maximum atomic E-state index is 12.4. The Hall–Kier alpha value is -2.64. The number of hydrogen-bond acceptors (Lipinski definition) is 6. The molecule has 3 aromatic rings. The van der Waals surface area contributed by atoms with Gasteiger partial charge in [-0.2, -0.15) is 0 Å². The average molecular weight is 414 g/mol. The van der Waals surface area contributed by atoms with Crippen LogP contribution in [-0.2, 0) is 6.54 Å². The van der Waals surface area contributed by atoms with Gasteiger partial charge in [-0.25, -0.2) is 4.98 Å². The van der Waals surface area contributed by atoms with Crippen molar-refractivity contribution in [2.24, 2.45) is 0 Å². The number of carbonyl (C=O) groups is 1. The van der Waals surface area contributed by atoms with Gasteiger partial charge < -0.3 is 15.1 Å². The first-order valence-corrected chi connectivity index (χ1v) is 10.3. The summed E-state index contributed by atoms with van der Waals surface area (Å²) in [6, 6.07) is 11.7. The van der Waals surface area contributed by atoms with Crippen molar-refractivity contribution in [3.05, 3.63) is 70.5 Å². The number of halogens is 1. The molecule has 0 saturated carbocycles. The van der Waals surface area contributed by atoms with Gasteiger partial charge in [0.1, 0.15) is 5.69 Å². The lowest BCUT2D eigenvalue weighted by molar-refractivity contribution is 0.0946. The zero-order chi connectivity index (χ0) is 19.3. The molecule has 1 aliphatic rings. The van der Waals surface area contributed by atoms with Gasteiger partial charge in [-0.3, -0.25) is 9.78 Å². The molecule has 1 N–H and O–H groups in total. The molecular formula is C20H20ClN5OS. The third-order valence-electron chi connectivity index (χ3n) is 4.65. The van der Waals surface area contributed by atoms with Crippen LogP contribution >= 0.6 is 22.9 Å². The molecule has 8 heteroatoms. The van der Waals surface area contributed by atoms with E-state index < -0.39 is 0 Å². The fourth-order valence-corrected chi connectivity index (χ4v) is 4.16. The second-order valence-corrected chi connectivity index (χ2v) is 7.78. The molecule has 0 unspecified atom stereocenters. The normalized spacial score (nSPS) is 14.2. The number of rotatable bonds is 5. The number of aromatic nitrogens is 2. The number of piperazine rings is 1. The predicted octanol–water partition coefficient (Wildman–Crippen LogP) is 3.45. The lowest BCUT2D eigenvalue weighted by Crippen LogP contribution is -2.46. The standard InChI is InChI=1S/C20H20ClN5OS/c21-16-2-1-3-17(12-16)25-8-10-26(11-9-25)20-24-18(14-28-20)19(27)23-13-15-4-6-22-7-5-15/h1-7,12,14H,8-11,13H2,(H,23,27). The summed E-state index contributed by atoms with van der Waals surface area (Å²) >= 11 is 7.61. The van der Waals surface area contributed by atoms with Crippen LogP contribution in [0.1, 0.15) is 16.1 Å². The Morgan fingerprint density at radius 2 is 1.86 bits per heavy atom. The van der Waals surface area contributed by atoms with Crippen LogP contribution in [0.2, 0.25) is 5.02 Å². The van der Waals surface area contributed by atoms with E-state index in [1.807, 2.05) is 35.7 Å². The summed E-state index contributed by atoms with van der Waals surface area (Å²) in [7, 11) is 0. The molecule has 6 nitrogen and oxygen atoms in total. The summed E-state index contributed by atoms with van der Waals surface area (Å²) in [5.74, 6) is -0.156. The Labute approximate surface area is 172 Å². The molecule has 0 spiro atoms. The van der Waals surface area contributed by atoms with Gasteiger partial charge in [-0.1, -0.05) is 17.7 Å². The second-order valence-electron chi connectivity index (χ2n) is 6.51. The smallest absolute Gasteiger partial charge is 0.271 e. The lowest BCUT2D eigenvalue weighted by atomic mass is 10.2. The Morgan fingerprint density at radius 1 is 1.11 bits per heavy atom. The third-order valence-corrected chi connectivity index (χ3v) is 5.79. The van der Waals surface area contributed by atoms with Gasteiger partial charge in [-0.05, 0) is 35.9 Å². The van der Waals surface area contributed by atoms with Crippen LogP contribution in [0, 0.1) is 0 Å². The molecule has 4 rings (SSSR count). The van der Waals surface area contributed by atoms with Crippen LogP contribution in [0.4, 0.5) is 10.8 Å². The summed E-state index contributed by atoms with van der Waals surface area (Å²) in [6.07, 6.45) is 3.43. The minimum Gasteiger partial charge on any atom is -0.368 e. The van der Waals surface area contributed by atoms with Crippen LogP contribution in [0.25, 0.3) is 0 Å². The number of benzene rings is 1. The molecule has 1 saturated heterocycles. The van der Waals surface area contributed by atoms with Crippen LogP contribution in [0.5, 0.6) is 0 Å². The molecule has 0 bridgehead atoms. The molecule has 1 fully saturated rings. The minimum absolute atomic E-state index is 0.156. The summed E-state index contributed by atoms with van der Waals surface area (Å²) in [4.78, 5) is 25.4. The molecule has 1 aromatic carbocycles. The highest BCUT2D eigenvalue weighted by molar-refractivity contribution is 7.13. The fourth-order valence-electron chi connectivity index (χ4n) is 3.12. The first kappa shape index (κ1) is 18.7. The van der Waals surface area contributed by atoms with Crippen molar-refractivity contribution in [1.82, 2.24) is 15.3 Å². The van der Waals surface area contributed by atoms with Gasteiger partial charge >= 0.3 is 0 Å². The Bertz CT molecular complexity index is 941. The highest BCUT2D eigenvalue weighted by Crippen LogP contribution is 2.25. The summed E-state index contributed by atoms with van der Waals surface area (Å²) < 4.78 is 0. The topological polar surface area (TPSA) is 61.4 Å². The van der Waals surface area contributed by atoms with E-state index in [-0.39, 0.29) is 5.91 Å². The first-order valence-electron chi connectivity index (χ1n) is 9.07. The highest BCUT2D eigenvalue weighted by atomic mass is 35.5. The first-order chi connectivity index (χ1) is 13.7. The van der Waals surface area contributed by atoms with Gasteiger partial charge in [-0.15, -0.1) is 11.3 Å². The Kier molecular flexibility index (Phi) is 5.73. The third kappa shape index (κ3) is 4.43. The number of hydrogen-bond donors (Lipinski definition) is 1. The molecule has 0 atom stereocenters. The second kappa shape index (κ2) is 8.58. The van der Waals surface area contributed by atoms with Gasteiger partial charge in [0.15, 0.2) is 5.13 Å². The van der Waals surface area contributed by atoms with Crippen LogP contribution in [0.15, 0.2) is 54.2 Å². The van der Waals surface area contributed by atoms with Crippen LogP contribution in [0.3, 0.4) is 0 Å². The number of pyridine rings is 1. The maximum absolute atomic E-state index is 12.4. The molecule has 1 amide bonds. The van der Waals surface area contributed by atoms with E-state index >= 15 is 0 Å². The predicted molar refractivity (Wildman–Crippen MR) is 113 cm³/mol. The summed E-state index contributed by atoms with van der Waals surface area (Å²) in [6.45, 7) is 3.97. The molecule has 2 aromatic heterocycles. The average Bonchev–Trinajstić information content (AvgIpc) is 3.23. The molecule has 1 aliphatic heterocycles. The largest absolute Gasteiger partial charge is 0.368 e. The number of carbonyl (C=O) groups excluding carboxylic acids is 1. The SMILES string of the molecule is O=C(NCc1ccncc1)c1csc(N2CCN(c3cccc(Cl)c3)CC2)n1. The number of nitrogens with zero attached hydrogens (tertiary/aromatic N) is 4. The van der Waals surface area contributed by atoms with Crippen molar-refractivity contribution in [3.63, 3.8) is 0 Å². The van der Waals surface area contributed by atoms with Crippen molar-refractivity contribution >= 4 is 39.7 Å². The van der Waals surface area contributed by atoms with E-state index in [9.17, 15) is 4.79 Å². The van der Waals surface area contributed by atoms with Gasteiger partial charge in [0, 0.05) is 61.2 Å². The molecule has 0 aliphatic carbocycles.